The summed E-state index contributed by atoms with van der Waals surface area (Å²) >= 11 is 3.32. The Morgan fingerprint density at radius 3 is 2.94 bits per heavy atom. The fourth-order valence-corrected chi connectivity index (χ4v) is 1.72. The third-order valence-electron chi connectivity index (χ3n) is 2.22. The zero-order chi connectivity index (χ0) is 13.0. The van der Waals surface area contributed by atoms with E-state index in [1.807, 2.05) is 6.07 Å². The number of hydrogen-bond acceptors (Lipinski definition) is 5. The van der Waals surface area contributed by atoms with Gasteiger partial charge in [0.15, 0.2) is 0 Å². The Balaban J connectivity index is 2.10. The highest BCUT2D eigenvalue weighted by atomic mass is 79.9. The van der Waals surface area contributed by atoms with Crippen molar-refractivity contribution < 1.29 is 4.39 Å². The molecule has 1 aromatic heterocycles. The minimum atomic E-state index is -0.264. The number of nitrogens with zero attached hydrogens (tertiary/aromatic N) is 2. The summed E-state index contributed by atoms with van der Waals surface area (Å²) in [7, 11) is 0. The molecule has 0 aliphatic carbocycles. The van der Waals surface area contributed by atoms with E-state index < -0.39 is 0 Å². The van der Waals surface area contributed by atoms with Gasteiger partial charge in [0.2, 0.25) is 5.95 Å². The van der Waals surface area contributed by atoms with Crippen molar-refractivity contribution in [2.24, 2.45) is 5.84 Å². The second kappa shape index (κ2) is 5.74. The van der Waals surface area contributed by atoms with Gasteiger partial charge in [-0.15, -0.1) is 0 Å². The summed E-state index contributed by atoms with van der Waals surface area (Å²) in [6.45, 7) is 0.456. The first-order chi connectivity index (χ1) is 8.69. The van der Waals surface area contributed by atoms with E-state index in [1.165, 1.54) is 12.1 Å². The molecule has 0 amide bonds. The first-order valence-corrected chi connectivity index (χ1v) is 5.96. The van der Waals surface area contributed by atoms with Gasteiger partial charge in [-0.25, -0.2) is 15.2 Å². The molecule has 0 aliphatic rings. The number of anilines is 2. The van der Waals surface area contributed by atoms with Gasteiger partial charge in [-0.2, -0.15) is 4.98 Å². The molecular formula is C11H11BrFN5. The number of rotatable bonds is 4. The van der Waals surface area contributed by atoms with Gasteiger partial charge in [-0.05, 0) is 33.6 Å². The quantitative estimate of drug-likeness (QED) is 0.596. The molecule has 18 heavy (non-hydrogen) atoms. The zero-order valence-corrected chi connectivity index (χ0v) is 10.9. The van der Waals surface area contributed by atoms with Gasteiger partial charge < -0.3 is 5.32 Å². The van der Waals surface area contributed by atoms with Crippen molar-refractivity contribution in [3.63, 3.8) is 0 Å². The highest BCUT2D eigenvalue weighted by Gasteiger charge is 2.04. The number of hydrazine groups is 1. The van der Waals surface area contributed by atoms with Gasteiger partial charge in [0.1, 0.15) is 11.6 Å². The van der Waals surface area contributed by atoms with E-state index in [4.69, 9.17) is 5.84 Å². The lowest BCUT2D eigenvalue weighted by Crippen LogP contribution is -2.12. The number of halogens is 2. The van der Waals surface area contributed by atoms with Crippen molar-refractivity contribution in [1.82, 2.24) is 9.97 Å². The van der Waals surface area contributed by atoms with Gasteiger partial charge in [0, 0.05) is 12.7 Å². The van der Waals surface area contributed by atoms with Crippen LogP contribution in [0, 0.1) is 5.82 Å². The minimum Gasteiger partial charge on any atom is -0.365 e. The topological polar surface area (TPSA) is 75.9 Å². The van der Waals surface area contributed by atoms with Crippen LogP contribution in [0.5, 0.6) is 0 Å². The van der Waals surface area contributed by atoms with Crippen LogP contribution in [-0.4, -0.2) is 9.97 Å². The standard InChI is InChI=1S/C11H11BrFN5/c12-9-6-16-11(18-14)17-10(9)15-5-7-2-1-3-8(13)4-7/h1-4,6H,5,14H2,(H2,15,16,17,18). The maximum absolute atomic E-state index is 13.0. The first kappa shape index (κ1) is 12.7. The molecule has 2 aromatic rings. The number of hydrogen-bond donors (Lipinski definition) is 3. The summed E-state index contributed by atoms with van der Waals surface area (Å²) in [6, 6.07) is 6.35. The largest absolute Gasteiger partial charge is 0.365 e. The molecule has 7 heteroatoms. The van der Waals surface area contributed by atoms with Crippen LogP contribution in [0.25, 0.3) is 0 Å². The van der Waals surface area contributed by atoms with E-state index in [1.54, 1.807) is 12.3 Å². The van der Waals surface area contributed by atoms with Crippen LogP contribution in [0.4, 0.5) is 16.2 Å². The molecule has 0 radical (unpaired) electrons. The van der Waals surface area contributed by atoms with Crippen molar-refractivity contribution in [2.45, 2.75) is 6.54 Å². The maximum Gasteiger partial charge on any atom is 0.239 e. The van der Waals surface area contributed by atoms with Gasteiger partial charge in [-0.3, -0.25) is 5.43 Å². The first-order valence-electron chi connectivity index (χ1n) is 5.16. The van der Waals surface area contributed by atoms with E-state index >= 15 is 0 Å². The summed E-state index contributed by atoms with van der Waals surface area (Å²) < 4.78 is 13.7. The normalized spacial score (nSPS) is 10.2. The van der Waals surface area contributed by atoms with Crippen LogP contribution < -0.4 is 16.6 Å². The molecule has 0 aliphatic heterocycles. The van der Waals surface area contributed by atoms with Gasteiger partial charge in [0.25, 0.3) is 0 Å². The Kier molecular flexibility index (Phi) is 4.06. The summed E-state index contributed by atoms with van der Waals surface area (Å²) in [6.07, 6.45) is 1.58. The van der Waals surface area contributed by atoms with Crippen molar-refractivity contribution in [3.05, 3.63) is 46.3 Å². The summed E-state index contributed by atoms with van der Waals surface area (Å²) in [5.74, 6) is 5.86. The minimum absolute atomic E-state index is 0.264. The molecule has 94 valence electrons. The number of nitrogen functional groups attached to an aromatic ring is 1. The molecular weight excluding hydrogens is 301 g/mol. The van der Waals surface area contributed by atoms with Gasteiger partial charge in [0.05, 0.1) is 4.47 Å². The molecule has 0 atom stereocenters. The lowest BCUT2D eigenvalue weighted by Gasteiger charge is -2.08. The SMILES string of the molecule is NNc1ncc(Br)c(NCc2cccc(F)c2)n1. The smallest absolute Gasteiger partial charge is 0.239 e. The Morgan fingerprint density at radius 2 is 2.22 bits per heavy atom. The molecule has 0 saturated carbocycles. The molecule has 0 fully saturated rings. The number of nitrogens with one attached hydrogen (secondary N) is 2. The lowest BCUT2D eigenvalue weighted by molar-refractivity contribution is 0.626. The van der Waals surface area contributed by atoms with Crippen LogP contribution in [0.2, 0.25) is 0 Å². The molecule has 1 aromatic carbocycles. The second-order valence-electron chi connectivity index (χ2n) is 3.52. The maximum atomic E-state index is 13.0. The number of benzene rings is 1. The van der Waals surface area contributed by atoms with Crippen LogP contribution in [-0.2, 0) is 6.54 Å². The van der Waals surface area contributed by atoms with Crippen molar-refractivity contribution in [2.75, 3.05) is 10.7 Å². The van der Waals surface area contributed by atoms with Gasteiger partial charge >= 0.3 is 0 Å². The molecule has 1 heterocycles. The Hall–Kier alpha value is -1.73. The number of nitrogens with two attached hydrogens (primary N) is 1. The van der Waals surface area contributed by atoms with Crippen LogP contribution in [0.1, 0.15) is 5.56 Å². The molecule has 5 nitrogen and oxygen atoms in total. The van der Waals surface area contributed by atoms with E-state index in [0.29, 0.717) is 22.8 Å². The Morgan fingerprint density at radius 1 is 1.39 bits per heavy atom. The summed E-state index contributed by atoms with van der Waals surface area (Å²) in [4.78, 5) is 8.06. The van der Waals surface area contributed by atoms with Crippen LogP contribution in [0.15, 0.2) is 34.9 Å². The van der Waals surface area contributed by atoms with E-state index in [9.17, 15) is 4.39 Å². The fourth-order valence-electron chi connectivity index (χ4n) is 1.39. The zero-order valence-electron chi connectivity index (χ0n) is 9.32. The highest BCUT2D eigenvalue weighted by molar-refractivity contribution is 9.10. The highest BCUT2D eigenvalue weighted by Crippen LogP contribution is 2.20. The third-order valence-corrected chi connectivity index (χ3v) is 2.80. The predicted molar refractivity (Wildman–Crippen MR) is 71.3 cm³/mol. The number of aromatic nitrogens is 2. The third kappa shape index (κ3) is 3.14. The van der Waals surface area contributed by atoms with Crippen molar-refractivity contribution >= 4 is 27.7 Å². The van der Waals surface area contributed by atoms with Crippen molar-refractivity contribution in [3.8, 4) is 0 Å². The van der Waals surface area contributed by atoms with E-state index in [0.717, 1.165) is 5.56 Å². The molecule has 0 spiro atoms. The Labute approximate surface area is 112 Å². The monoisotopic (exact) mass is 311 g/mol. The fraction of sp³-hybridized carbons (Fsp3) is 0.0909. The lowest BCUT2D eigenvalue weighted by atomic mass is 10.2. The summed E-state index contributed by atoms with van der Waals surface area (Å²) in [5, 5.41) is 3.07. The van der Waals surface area contributed by atoms with E-state index in [2.05, 4.69) is 36.6 Å². The molecule has 0 bridgehead atoms. The molecule has 0 unspecified atom stereocenters. The second-order valence-corrected chi connectivity index (χ2v) is 4.37. The Bertz CT molecular complexity index is 549. The average Bonchev–Trinajstić information content (AvgIpc) is 2.38. The van der Waals surface area contributed by atoms with Crippen LogP contribution >= 0.6 is 15.9 Å². The van der Waals surface area contributed by atoms with Crippen molar-refractivity contribution in [1.29, 1.82) is 0 Å². The van der Waals surface area contributed by atoms with E-state index in [-0.39, 0.29) is 5.82 Å². The summed E-state index contributed by atoms with van der Waals surface area (Å²) in [5.41, 5.74) is 3.18. The van der Waals surface area contributed by atoms with Gasteiger partial charge in [-0.1, -0.05) is 12.1 Å². The average molecular weight is 312 g/mol. The molecule has 0 saturated heterocycles. The predicted octanol–water partition coefficient (Wildman–Crippen LogP) is 2.28. The molecule has 2 rings (SSSR count). The van der Waals surface area contributed by atoms with Crippen LogP contribution in [0.3, 0.4) is 0 Å². The molecule has 4 N–H and O–H groups in total.